The molecule has 1 aliphatic rings. The molecule has 1 unspecified atom stereocenters. The zero-order chi connectivity index (χ0) is 22.8. The Morgan fingerprint density at radius 2 is 1.47 bits per heavy atom. The van der Waals surface area contributed by atoms with Gasteiger partial charge in [0.2, 0.25) is 0 Å². The molecule has 0 saturated carbocycles. The molecule has 0 radical (unpaired) electrons. The number of rotatable bonds is 9. The van der Waals surface area contributed by atoms with Gasteiger partial charge in [0.05, 0.1) is 12.6 Å². The minimum absolute atomic E-state index is 0.127. The van der Waals surface area contributed by atoms with Gasteiger partial charge in [-0.2, -0.15) is 0 Å². The first-order valence-electron chi connectivity index (χ1n) is 9.01. The second-order valence-corrected chi connectivity index (χ2v) is 6.45. The molecule has 1 rings (SSSR count). The molecule has 168 valence electrons. The Morgan fingerprint density at radius 1 is 0.933 bits per heavy atom. The summed E-state index contributed by atoms with van der Waals surface area (Å²) in [4.78, 5) is 48.8. The van der Waals surface area contributed by atoms with Gasteiger partial charge < -0.3 is 28.4 Å². The summed E-state index contributed by atoms with van der Waals surface area (Å²) in [5.41, 5.74) is 8.52. The van der Waals surface area contributed by atoms with Gasteiger partial charge in [-0.1, -0.05) is 12.0 Å². The van der Waals surface area contributed by atoms with Gasteiger partial charge in [0.1, 0.15) is 12.7 Å². The monoisotopic (exact) mass is 431 g/mol. The number of carbonyl (C=O) groups excluding carboxylic acids is 4. The summed E-state index contributed by atoms with van der Waals surface area (Å²) >= 11 is 0. The fourth-order valence-corrected chi connectivity index (χ4v) is 2.68. The van der Waals surface area contributed by atoms with E-state index < -0.39 is 60.6 Å². The highest BCUT2D eigenvalue weighted by molar-refractivity contribution is 5.68. The van der Waals surface area contributed by atoms with E-state index >= 15 is 0 Å². The lowest BCUT2D eigenvalue weighted by atomic mass is 9.98. The van der Waals surface area contributed by atoms with Gasteiger partial charge in [-0.25, -0.2) is 0 Å². The molecule has 1 aliphatic heterocycles. The summed E-state index contributed by atoms with van der Waals surface area (Å²) in [6, 6.07) is -0.595. The SMILES string of the molecule is CC(=O)OC[C@H]1O[C@H](OCC(C)N=[N+]=[N-])[C@@H](OC(C)=O)[C@@H](OC(C)=O)[C@@H]1OC(C)=O. The quantitative estimate of drug-likeness (QED) is 0.167. The van der Waals surface area contributed by atoms with Gasteiger partial charge in [-0.3, -0.25) is 19.2 Å². The number of hydrogen-bond donors (Lipinski definition) is 0. The van der Waals surface area contributed by atoms with Gasteiger partial charge >= 0.3 is 23.9 Å². The molecule has 0 aromatic heterocycles. The van der Waals surface area contributed by atoms with Crippen LogP contribution < -0.4 is 0 Å². The molecule has 1 heterocycles. The van der Waals surface area contributed by atoms with E-state index in [0.29, 0.717) is 0 Å². The van der Waals surface area contributed by atoms with Crippen LogP contribution in [0.1, 0.15) is 34.6 Å². The fraction of sp³-hybridized carbons (Fsp3) is 0.765. The first-order chi connectivity index (χ1) is 14.0. The average molecular weight is 431 g/mol. The molecule has 0 N–H and O–H groups in total. The Morgan fingerprint density at radius 3 is 1.97 bits per heavy atom. The summed E-state index contributed by atoms with van der Waals surface area (Å²) in [5, 5.41) is 3.46. The van der Waals surface area contributed by atoms with Crippen molar-refractivity contribution in [3.63, 3.8) is 0 Å². The zero-order valence-electron chi connectivity index (χ0n) is 17.3. The third-order valence-electron chi connectivity index (χ3n) is 3.70. The standard InChI is InChI=1S/C17H25N3O10/c1-8(19-20-18)6-26-17-16(29-12(5)24)15(28-11(4)23)14(27-10(3)22)13(30-17)7-25-9(2)21/h8,13-17H,6-7H2,1-5H3/t8?,13-,14-,15+,16+,17+/m1/s1. The van der Waals surface area contributed by atoms with Crippen molar-refractivity contribution in [2.24, 2.45) is 5.11 Å². The van der Waals surface area contributed by atoms with Crippen molar-refractivity contribution in [2.45, 2.75) is 71.4 Å². The van der Waals surface area contributed by atoms with Crippen molar-refractivity contribution >= 4 is 23.9 Å². The lowest BCUT2D eigenvalue weighted by Gasteiger charge is -2.44. The second kappa shape index (κ2) is 12.0. The Hall–Kier alpha value is -2.89. The van der Waals surface area contributed by atoms with Crippen LogP contribution in [0.15, 0.2) is 5.11 Å². The normalized spacial score (nSPS) is 26.5. The van der Waals surface area contributed by atoms with Crippen molar-refractivity contribution in [1.29, 1.82) is 0 Å². The van der Waals surface area contributed by atoms with E-state index in [9.17, 15) is 19.2 Å². The average Bonchev–Trinajstić information content (AvgIpc) is 2.61. The van der Waals surface area contributed by atoms with Crippen LogP contribution >= 0.6 is 0 Å². The highest BCUT2D eigenvalue weighted by Crippen LogP contribution is 2.30. The third kappa shape index (κ3) is 8.23. The van der Waals surface area contributed by atoms with Crippen LogP contribution in [-0.4, -0.2) is 73.8 Å². The van der Waals surface area contributed by atoms with Gasteiger partial charge in [-0.05, 0) is 5.53 Å². The first-order valence-corrected chi connectivity index (χ1v) is 9.01. The van der Waals surface area contributed by atoms with Crippen molar-refractivity contribution < 1.29 is 47.6 Å². The van der Waals surface area contributed by atoms with E-state index in [1.165, 1.54) is 6.92 Å². The number of azide groups is 1. The largest absolute Gasteiger partial charge is 0.463 e. The lowest BCUT2D eigenvalue weighted by molar-refractivity contribution is -0.308. The predicted molar refractivity (Wildman–Crippen MR) is 96.5 cm³/mol. The van der Waals surface area contributed by atoms with Gasteiger partial charge in [0.25, 0.3) is 0 Å². The van der Waals surface area contributed by atoms with E-state index in [0.717, 1.165) is 20.8 Å². The van der Waals surface area contributed by atoms with Crippen LogP contribution in [0.25, 0.3) is 10.4 Å². The molecule has 0 aliphatic carbocycles. The van der Waals surface area contributed by atoms with E-state index in [-0.39, 0.29) is 13.2 Å². The lowest BCUT2D eigenvalue weighted by Crippen LogP contribution is -2.63. The van der Waals surface area contributed by atoms with E-state index in [4.69, 9.17) is 34.0 Å². The molecule has 0 bridgehead atoms. The fourth-order valence-electron chi connectivity index (χ4n) is 2.68. The molecule has 13 heteroatoms. The van der Waals surface area contributed by atoms with Crippen LogP contribution in [-0.2, 0) is 47.6 Å². The number of esters is 4. The second-order valence-electron chi connectivity index (χ2n) is 6.45. The number of ether oxygens (including phenoxy) is 6. The van der Waals surface area contributed by atoms with Crippen molar-refractivity contribution in [2.75, 3.05) is 13.2 Å². The minimum Gasteiger partial charge on any atom is -0.463 e. The highest BCUT2D eigenvalue weighted by Gasteiger charge is 2.52. The Balaban J connectivity index is 3.26. The van der Waals surface area contributed by atoms with Crippen LogP contribution in [0.3, 0.4) is 0 Å². The molecular formula is C17H25N3O10. The molecule has 0 aromatic rings. The maximum atomic E-state index is 11.7. The summed E-state index contributed by atoms with van der Waals surface area (Å²) in [6.07, 6.45) is -6.30. The van der Waals surface area contributed by atoms with Crippen LogP contribution in [0.5, 0.6) is 0 Å². The maximum absolute atomic E-state index is 11.7. The molecule has 6 atom stereocenters. The van der Waals surface area contributed by atoms with E-state index in [1.54, 1.807) is 6.92 Å². The van der Waals surface area contributed by atoms with Crippen molar-refractivity contribution in [3.05, 3.63) is 10.4 Å². The van der Waals surface area contributed by atoms with Crippen molar-refractivity contribution in [3.8, 4) is 0 Å². The molecule has 13 nitrogen and oxygen atoms in total. The molecular weight excluding hydrogens is 406 g/mol. The van der Waals surface area contributed by atoms with Gasteiger partial charge in [0.15, 0.2) is 24.6 Å². The van der Waals surface area contributed by atoms with Crippen LogP contribution in [0.2, 0.25) is 0 Å². The molecule has 1 fully saturated rings. The Kier molecular flexibility index (Phi) is 10.0. The van der Waals surface area contributed by atoms with Gasteiger partial charge in [-0.15, -0.1) is 0 Å². The van der Waals surface area contributed by atoms with E-state index in [1.807, 2.05) is 0 Å². The number of nitrogens with zero attached hydrogens (tertiary/aromatic N) is 3. The zero-order valence-corrected chi connectivity index (χ0v) is 17.3. The molecule has 0 spiro atoms. The maximum Gasteiger partial charge on any atom is 0.303 e. The summed E-state index contributed by atoms with van der Waals surface area (Å²) in [5.74, 6) is -2.84. The molecule has 1 saturated heterocycles. The number of carbonyl (C=O) groups is 4. The minimum atomic E-state index is -1.32. The number of hydrogen-bond acceptors (Lipinski definition) is 11. The first kappa shape index (κ1) is 25.1. The summed E-state index contributed by atoms with van der Waals surface area (Å²) < 4.78 is 32.0. The van der Waals surface area contributed by atoms with Crippen molar-refractivity contribution in [1.82, 2.24) is 0 Å². The van der Waals surface area contributed by atoms with E-state index in [2.05, 4.69) is 10.0 Å². The highest BCUT2D eigenvalue weighted by atomic mass is 16.7. The van der Waals surface area contributed by atoms with Crippen LogP contribution in [0.4, 0.5) is 0 Å². The third-order valence-corrected chi connectivity index (χ3v) is 3.70. The summed E-state index contributed by atoms with van der Waals surface area (Å²) in [6.45, 7) is 5.62. The molecule has 0 amide bonds. The topological polar surface area (TPSA) is 172 Å². The van der Waals surface area contributed by atoms with Crippen LogP contribution in [0, 0.1) is 0 Å². The molecule has 30 heavy (non-hydrogen) atoms. The predicted octanol–water partition coefficient (Wildman–Crippen LogP) is 0.785. The Labute approximate surface area is 172 Å². The van der Waals surface area contributed by atoms with Gasteiger partial charge in [0, 0.05) is 32.6 Å². The summed E-state index contributed by atoms with van der Waals surface area (Å²) in [7, 11) is 0. The molecule has 0 aromatic carbocycles. The Bertz CT molecular complexity index is 693. The smallest absolute Gasteiger partial charge is 0.303 e.